The van der Waals surface area contributed by atoms with Crippen LogP contribution in [0.4, 0.5) is 0 Å². The first-order valence-corrected chi connectivity index (χ1v) is 3.17. The molecule has 0 aromatic rings. The molecule has 2 atom stereocenters. The standard InChI is InChI=1S/C6H12O2/c7-5-3-1-2-4-6(5)8/h5-8H,1-4H2/i7+2. The van der Waals surface area contributed by atoms with Crippen LogP contribution in [-0.2, 0) is 0 Å². The fourth-order valence-corrected chi connectivity index (χ4v) is 1.09. The van der Waals surface area contributed by atoms with Crippen LogP contribution < -0.4 is 0 Å². The van der Waals surface area contributed by atoms with Crippen LogP contribution in [0.3, 0.4) is 0 Å². The lowest BCUT2D eigenvalue weighted by Crippen LogP contribution is -2.28. The molecule has 0 saturated heterocycles. The van der Waals surface area contributed by atoms with Gasteiger partial charge in [-0.2, -0.15) is 0 Å². The molecule has 0 spiro atoms. The molecule has 1 saturated carbocycles. The Morgan fingerprint density at radius 2 is 1.88 bits per heavy atom. The number of rotatable bonds is 0. The fraction of sp³-hybridized carbons (Fsp3) is 1.00. The van der Waals surface area contributed by atoms with Gasteiger partial charge in [0.1, 0.15) is 0 Å². The van der Waals surface area contributed by atoms with Gasteiger partial charge in [0.15, 0.2) is 0 Å². The fourth-order valence-electron chi connectivity index (χ4n) is 1.09. The lowest BCUT2D eigenvalue weighted by Gasteiger charge is -2.22. The molecule has 0 aromatic heterocycles. The summed E-state index contributed by atoms with van der Waals surface area (Å²) in [4.78, 5) is 0. The molecule has 1 rings (SSSR count). The second kappa shape index (κ2) is 2.46. The number of hydrogen-bond acceptors (Lipinski definition) is 2. The van der Waals surface area contributed by atoms with E-state index in [1.165, 1.54) is 0 Å². The van der Waals surface area contributed by atoms with Crippen molar-refractivity contribution in [2.75, 3.05) is 0 Å². The molecular formula is C6H12O2. The Labute approximate surface area is 49.1 Å². The highest BCUT2D eigenvalue weighted by atomic mass is 18.2. The van der Waals surface area contributed by atoms with Gasteiger partial charge in [-0.3, -0.25) is 0 Å². The van der Waals surface area contributed by atoms with Crippen molar-refractivity contribution in [3.8, 4) is 0 Å². The summed E-state index contributed by atoms with van der Waals surface area (Å²) in [6.45, 7) is 0. The van der Waals surface area contributed by atoms with Gasteiger partial charge in [0, 0.05) is 0 Å². The molecule has 0 aromatic carbocycles. The van der Waals surface area contributed by atoms with E-state index in [0.29, 0.717) is 0 Å². The third-order valence-electron chi connectivity index (χ3n) is 1.69. The van der Waals surface area contributed by atoms with Crippen LogP contribution in [0.15, 0.2) is 0 Å². The Kier molecular flexibility index (Phi) is 1.86. The van der Waals surface area contributed by atoms with E-state index in [1.807, 2.05) is 0 Å². The van der Waals surface area contributed by atoms with Crippen molar-refractivity contribution < 1.29 is 10.2 Å². The lowest BCUT2D eigenvalue weighted by atomic mass is 9.96. The van der Waals surface area contributed by atoms with Gasteiger partial charge in [0.25, 0.3) is 0 Å². The minimum absolute atomic E-state index is 0.441. The SMILES string of the molecule is OC1CCCCC1[18OH]. The van der Waals surface area contributed by atoms with Crippen molar-refractivity contribution >= 4 is 0 Å². The minimum Gasteiger partial charge on any atom is -0.390 e. The highest BCUT2D eigenvalue weighted by molar-refractivity contribution is 4.72. The van der Waals surface area contributed by atoms with Gasteiger partial charge in [-0.1, -0.05) is 12.8 Å². The van der Waals surface area contributed by atoms with Crippen LogP contribution in [0.25, 0.3) is 0 Å². The molecule has 2 N–H and O–H groups in total. The monoisotopic (exact) mass is 118 g/mol. The van der Waals surface area contributed by atoms with E-state index in [9.17, 15) is 0 Å². The average molecular weight is 118 g/mol. The van der Waals surface area contributed by atoms with Gasteiger partial charge < -0.3 is 10.2 Å². The quantitative estimate of drug-likeness (QED) is 0.448. The van der Waals surface area contributed by atoms with Crippen LogP contribution in [-0.4, -0.2) is 22.4 Å². The third-order valence-corrected chi connectivity index (χ3v) is 1.69. The Bertz CT molecular complexity index is 62.9. The largest absolute Gasteiger partial charge is 0.390 e. The lowest BCUT2D eigenvalue weighted by molar-refractivity contribution is -0.00865. The number of hydrogen-bond donors (Lipinski definition) is 2. The first kappa shape index (κ1) is 6.05. The summed E-state index contributed by atoms with van der Waals surface area (Å²) in [5, 5.41) is 17.9. The van der Waals surface area contributed by atoms with Crippen molar-refractivity contribution in [2.45, 2.75) is 37.9 Å². The maximum atomic E-state index is 8.93. The molecule has 0 heterocycles. The zero-order valence-corrected chi connectivity index (χ0v) is 4.88. The molecule has 48 valence electrons. The number of aliphatic hydroxyl groups is 2. The Morgan fingerprint density at radius 1 is 1.25 bits per heavy atom. The van der Waals surface area contributed by atoms with E-state index in [1.54, 1.807) is 0 Å². The molecule has 0 radical (unpaired) electrons. The predicted molar refractivity (Wildman–Crippen MR) is 30.5 cm³/mol. The van der Waals surface area contributed by atoms with Crippen LogP contribution in [0, 0.1) is 0 Å². The van der Waals surface area contributed by atoms with E-state index >= 15 is 0 Å². The normalized spacial score (nSPS) is 39.8. The van der Waals surface area contributed by atoms with E-state index in [2.05, 4.69) is 0 Å². The van der Waals surface area contributed by atoms with Gasteiger partial charge in [0.05, 0.1) is 12.2 Å². The average Bonchev–Trinajstić information content (AvgIpc) is 1.77. The molecule has 8 heavy (non-hydrogen) atoms. The third kappa shape index (κ3) is 1.20. The predicted octanol–water partition coefficient (Wildman–Crippen LogP) is 0.282. The highest BCUT2D eigenvalue weighted by Gasteiger charge is 2.19. The van der Waals surface area contributed by atoms with Crippen LogP contribution in [0.2, 0.25) is 0 Å². The molecule has 2 unspecified atom stereocenters. The van der Waals surface area contributed by atoms with Crippen molar-refractivity contribution in [3.05, 3.63) is 0 Å². The Morgan fingerprint density at radius 3 is 2.25 bits per heavy atom. The summed E-state index contributed by atoms with van der Waals surface area (Å²) >= 11 is 0. The van der Waals surface area contributed by atoms with Gasteiger partial charge in [-0.25, -0.2) is 0 Å². The minimum atomic E-state index is -0.441. The molecule has 0 amide bonds. The highest BCUT2D eigenvalue weighted by Crippen LogP contribution is 2.17. The first-order valence-electron chi connectivity index (χ1n) is 3.17. The Hall–Kier alpha value is -0.0800. The molecule has 1 aliphatic carbocycles. The van der Waals surface area contributed by atoms with Crippen molar-refractivity contribution in [1.29, 1.82) is 0 Å². The molecule has 0 bridgehead atoms. The molecule has 0 aliphatic heterocycles. The van der Waals surface area contributed by atoms with E-state index in [0.717, 1.165) is 25.7 Å². The van der Waals surface area contributed by atoms with Crippen LogP contribution >= 0.6 is 0 Å². The maximum Gasteiger partial charge on any atom is 0.0799 e. The van der Waals surface area contributed by atoms with Crippen LogP contribution in [0.5, 0.6) is 0 Å². The zero-order valence-electron chi connectivity index (χ0n) is 4.88. The summed E-state index contributed by atoms with van der Waals surface area (Å²) in [7, 11) is 0. The second-order valence-corrected chi connectivity index (χ2v) is 2.42. The van der Waals surface area contributed by atoms with Gasteiger partial charge in [0.2, 0.25) is 0 Å². The topological polar surface area (TPSA) is 40.5 Å². The molecular weight excluding hydrogens is 106 g/mol. The van der Waals surface area contributed by atoms with Crippen molar-refractivity contribution in [2.24, 2.45) is 0 Å². The smallest absolute Gasteiger partial charge is 0.0799 e. The maximum absolute atomic E-state index is 8.93. The van der Waals surface area contributed by atoms with Crippen molar-refractivity contribution in [1.82, 2.24) is 0 Å². The Balaban J connectivity index is 2.28. The van der Waals surface area contributed by atoms with E-state index in [-0.39, 0.29) is 0 Å². The van der Waals surface area contributed by atoms with E-state index < -0.39 is 12.2 Å². The first-order chi connectivity index (χ1) is 3.80. The molecule has 1 aliphatic rings. The van der Waals surface area contributed by atoms with E-state index in [4.69, 9.17) is 10.2 Å². The molecule has 1 fully saturated rings. The zero-order chi connectivity index (χ0) is 5.98. The summed E-state index contributed by atoms with van der Waals surface area (Å²) in [5.74, 6) is 0. The van der Waals surface area contributed by atoms with Gasteiger partial charge >= 0.3 is 0 Å². The molecule has 2 heteroatoms. The second-order valence-electron chi connectivity index (χ2n) is 2.42. The van der Waals surface area contributed by atoms with Gasteiger partial charge in [-0.15, -0.1) is 0 Å². The van der Waals surface area contributed by atoms with Crippen LogP contribution in [0.1, 0.15) is 25.7 Å². The summed E-state index contributed by atoms with van der Waals surface area (Å²) in [5.41, 5.74) is 0. The summed E-state index contributed by atoms with van der Waals surface area (Å²) in [6, 6.07) is 0. The summed E-state index contributed by atoms with van der Waals surface area (Å²) in [6.07, 6.45) is 2.81. The summed E-state index contributed by atoms with van der Waals surface area (Å²) < 4.78 is 0. The molecule has 2 nitrogen and oxygen atoms in total. The van der Waals surface area contributed by atoms with Gasteiger partial charge in [-0.05, 0) is 12.8 Å². The number of aliphatic hydroxyl groups excluding tert-OH is 2. The van der Waals surface area contributed by atoms with Crippen molar-refractivity contribution in [3.63, 3.8) is 0 Å².